The van der Waals surface area contributed by atoms with E-state index in [0.717, 1.165) is 18.2 Å². The molecule has 0 atom stereocenters. The van der Waals surface area contributed by atoms with Crippen molar-refractivity contribution in [2.24, 2.45) is 0 Å². The molecule has 0 radical (unpaired) electrons. The van der Waals surface area contributed by atoms with E-state index in [9.17, 15) is 18.0 Å². The molecule has 2 aromatic rings. The number of hydrogen-bond donors (Lipinski definition) is 1. The summed E-state index contributed by atoms with van der Waals surface area (Å²) in [7, 11) is 0. The van der Waals surface area contributed by atoms with Crippen molar-refractivity contribution in [1.29, 1.82) is 5.26 Å². The van der Waals surface area contributed by atoms with Crippen LogP contribution in [0.2, 0.25) is 0 Å². The van der Waals surface area contributed by atoms with Crippen LogP contribution in [0.5, 0.6) is 0 Å². The molecule has 6 heteroatoms. The molecule has 102 valence electrons. The van der Waals surface area contributed by atoms with E-state index < -0.39 is 28.9 Å². The summed E-state index contributed by atoms with van der Waals surface area (Å²) < 4.78 is 39.9. The van der Waals surface area contributed by atoms with Crippen LogP contribution in [-0.2, 0) is 0 Å². The number of rotatable bonds is 2. The van der Waals surface area contributed by atoms with Crippen LogP contribution >= 0.6 is 0 Å². The molecule has 0 unspecified atom stereocenters. The monoisotopic (exact) mass is 278 g/mol. The Hall–Kier alpha value is -2.55. The average molecular weight is 278 g/mol. The van der Waals surface area contributed by atoms with Crippen molar-refractivity contribution in [3.63, 3.8) is 0 Å². The fraction of sp³-hybridized carbons (Fsp3) is 0.143. The third kappa shape index (κ3) is 2.30. The zero-order chi connectivity index (χ0) is 14.9. The van der Waals surface area contributed by atoms with Gasteiger partial charge in [0, 0.05) is 22.4 Å². The van der Waals surface area contributed by atoms with Crippen molar-refractivity contribution >= 4 is 0 Å². The number of alkyl halides is 2. The van der Waals surface area contributed by atoms with E-state index in [1.807, 2.05) is 0 Å². The first kappa shape index (κ1) is 13.9. The summed E-state index contributed by atoms with van der Waals surface area (Å²) >= 11 is 0. The Morgan fingerprint density at radius 1 is 1.35 bits per heavy atom. The average Bonchev–Trinajstić information content (AvgIpc) is 2.37. The van der Waals surface area contributed by atoms with Gasteiger partial charge in [-0.15, -0.1) is 0 Å². The van der Waals surface area contributed by atoms with Gasteiger partial charge in [0.05, 0.1) is 0 Å². The summed E-state index contributed by atoms with van der Waals surface area (Å²) in [5.41, 5.74) is -1.84. The number of hydrogen-bond acceptors (Lipinski definition) is 2. The number of halogens is 3. The van der Waals surface area contributed by atoms with Crippen LogP contribution in [0.1, 0.15) is 23.2 Å². The van der Waals surface area contributed by atoms with Crippen LogP contribution in [0.25, 0.3) is 11.1 Å². The molecular weight excluding hydrogens is 269 g/mol. The largest absolute Gasteiger partial charge is 0.325 e. The molecule has 1 N–H and O–H groups in total. The number of H-pyrrole nitrogens is 1. The zero-order valence-electron chi connectivity index (χ0n) is 10.4. The SMILES string of the molecule is Cc1cc(-c2c(F)cccc2C(F)F)c(C#N)c(=O)[nH]1. The smallest absolute Gasteiger partial charge is 0.266 e. The molecule has 0 fully saturated rings. The number of nitrogens with zero attached hydrogens (tertiary/aromatic N) is 1. The second-order valence-electron chi connectivity index (χ2n) is 4.19. The number of pyridine rings is 1. The molecule has 1 aromatic carbocycles. The van der Waals surface area contributed by atoms with E-state index in [2.05, 4.69) is 4.98 Å². The molecule has 0 aliphatic rings. The van der Waals surface area contributed by atoms with Crippen LogP contribution in [-0.4, -0.2) is 4.98 Å². The minimum absolute atomic E-state index is 0.123. The van der Waals surface area contributed by atoms with E-state index in [1.54, 1.807) is 6.07 Å². The van der Waals surface area contributed by atoms with Crippen LogP contribution in [0.15, 0.2) is 29.1 Å². The van der Waals surface area contributed by atoms with Gasteiger partial charge in [-0.1, -0.05) is 12.1 Å². The maximum absolute atomic E-state index is 13.9. The molecule has 0 saturated heterocycles. The Balaban J connectivity index is 2.89. The second-order valence-corrected chi connectivity index (χ2v) is 4.19. The Morgan fingerprint density at radius 2 is 2.05 bits per heavy atom. The van der Waals surface area contributed by atoms with Gasteiger partial charge >= 0.3 is 0 Å². The molecule has 0 spiro atoms. The first-order valence-corrected chi connectivity index (χ1v) is 5.66. The van der Waals surface area contributed by atoms with Gasteiger partial charge in [-0.25, -0.2) is 13.2 Å². The number of benzene rings is 1. The number of nitrogens with one attached hydrogen (secondary N) is 1. The van der Waals surface area contributed by atoms with Crippen molar-refractivity contribution in [3.05, 3.63) is 57.3 Å². The first-order chi connectivity index (χ1) is 9.45. The van der Waals surface area contributed by atoms with Crippen LogP contribution in [0, 0.1) is 24.1 Å². The minimum atomic E-state index is -2.91. The molecule has 0 saturated carbocycles. The van der Waals surface area contributed by atoms with Crippen molar-refractivity contribution in [2.45, 2.75) is 13.3 Å². The topological polar surface area (TPSA) is 56.6 Å². The van der Waals surface area contributed by atoms with Crippen LogP contribution in [0.3, 0.4) is 0 Å². The van der Waals surface area contributed by atoms with Gasteiger partial charge in [0.15, 0.2) is 0 Å². The van der Waals surface area contributed by atoms with Gasteiger partial charge in [-0.2, -0.15) is 5.26 Å². The summed E-state index contributed by atoms with van der Waals surface area (Å²) in [6.45, 7) is 1.52. The minimum Gasteiger partial charge on any atom is -0.325 e. The lowest BCUT2D eigenvalue weighted by molar-refractivity contribution is 0.151. The molecule has 0 amide bonds. The highest BCUT2D eigenvalue weighted by molar-refractivity contribution is 5.74. The number of aryl methyl sites for hydroxylation is 1. The molecule has 2 rings (SSSR count). The molecule has 20 heavy (non-hydrogen) atoms. The van der Waals surface area contributed by atoms with Gasteiger partial charge in [0.25, 0.3) is 12.0 Å². The highest BCUT2D eigenvalue weighted by Crippen LogP contribution is 2.34. The van der Waals surface area contributed by atoms with Gasteiger partial charge in [-0.05, 0) is 19.1 Å². The zero-order valence-corrected chi connectivity index (χ0v) is 10.4. The van der Waals surface area contributed by atoms with E-state index >= 15 is 0 Å². The lowest BCUT2D eigenvalue weighted by Gasteiger charge is -2.12. The predicted octanol–water partition coefficient (Wildman–Crippen LogP) is 3.30. The lowest BCUT2D eigenvalue weighted by Crippen LogP contribution is -2.13. The van der Waals surface area contributed by atoms with Crippen molar-refractivity contribution in [1.82, 2.24) is 4.98 Å². The van der Waals surface area contributed by atoms with E-state index in [4.69, 9.17) is 5.26 Å². The summed E-state index contributed by atoms with van der Waals surface area (Å²) in [5.74, 6) is -0.899. The molecular formula is C14H9F3N2O. The number of aromatic nitrogens is 1. The van der Waals surface area contributed by atoms with Crippen molar-refractivity contribution < 1.29 is 13.2 Å². The van der Waals surface area contributed by atoms with Gasteiger partial charge < -0.3 is 4.98 Å². The third-order valence-corrected chi connectivity index (χ3v) is 2.83. The number of nitriles is 1. The molecule has 1 aromatic heterocycles. The second kappa shape index (κ2) is 5.21. The van der Waals surface area contributed by atoms with Crippen LogP contribution < -0.4 is 5.56 Å². The fourth-order valence-corrected chi connectivity index (χ4v) is 2.00. The maximum atomic E-state index is 13.9. The molecule has 1 heterocycles. The first-order valence-electron chi connectivity index (χ1n) is 5.66. The predicted molar refractivity (Wildman–Crippen MR) is 66.9 cm³/mol. The Bertz CT molecular complexity index is 760. The molecule has 0 aliphatic carbocycles. The molecule has 0 aliphatic heterocycles. The Morgan fingerprint density at radius 3 is 2.65 bits per heavy atom. The van der Waals surface area contributed by atoms with E-state index in [-0.39, 0.29) is 11.1 Å². The summed E-state index contributed by atoms with van der Waals surface area (Å²) in [5, 5.41) is 8.99. The molecule has 0 bridgehead atoms. The van der Waals surface area contributed by atoms with Crippen molar-refractivity contribution in [3.8, 4) is 17.2 Å². The highest BCUT2D eigenvalue weighted by atomic mass is 19.3. The highest BCUT2D eigenvalue weighted by Gasteiger charge is 2.21. The molecule has 3 nitrogen and oxygen atoms in total. The van der Waals surface area contributed by atoms with E-state index in [1.165, 1.54) is 13.0 Å². The van der Waals surface area contributed by atoms with Gasteiger partial charge in [-0.3, -0.25) is 4.79 Å². The lowest BCUT2D eigenvalue weighted by atomic mass is 9.96. The normalized spacial score (nSPS) is 10.6. The summed E-state index contributed by atoms with van der Waals surface area (Å²) in [6.07, 6.45) is -2.91. The van der Waals surface area contributed by atoms with Crippen molar-refractivity contribution in [2.75, 3.05) is 0 Å². The quantitative estimate of drug-likeness (QED) is 0.916. The Labute approximate surface area is 112 Å². The Kier molecular flexibility index (Phi) is 3.61. The number of aromatic amines is 1. The standard InChI is InChI=1S/C14H9F3N2O/c1-7-5-9(10(6-18)14(20)19-7)12-8(13(16)17)3-2-4-11(12)15/h2-5,13H,1H3,(H,19,20). The third-order valence-electron chi connectivity index (χ3n) is 2.83. The van der Waals surface area contributed by atoms with Gasteiger partial charge in [0.2, 0.25) is 0 Å². The maximum Gasteiger partial charge on any atom is 0.266 e. The van der Waals surface area contributed by atoms with Crippen LogP contribution in [0.4, 0.5) is 13.2 Å². The van der Waals surface area contributed by atoms with E-state index in [0.29, 0.717) is 5.69 Å². The fourth-order valence-electron chi connectivity index (χ4n) is 2.00. The van der Waals surface area contributed by atoms with Gasteiger partial charge in [0.1, 0.15) is 17.4 Å². The summed E-state index contributed by atoms with van der Waals surface area (Å²) in [6, 6.07) is 6.18. The summed E-state index contributed by atoms with van der Waals surface area (Å²) in [4.78, 5) is 14.0.